The molecule has 2 fully saturated rings. The summed E-state index contributed by atoms with van der Waals surface area (Å²) in [4.78, 5) is 24.3. The van der Waals surface area contributed by atoms with Gasteiger partial charge in [-0.2, -0.15) is 0 Å². The number of pyridine rings is 1. The Hall–Kier alpha value is -3.87. The molecule has 2 aromatic heterocycles. The summed E-state index contributed by atoms with van der Waals surface area (Å²) in [5.74, 6) is 0.397. The van der Waals surface area contributed by atoms with Crippen LogP contribution >= 0.6 is 0 Å². The summed E-state index contributed by atoms with van der Waals surface area (Å²) in [6, 6.07) is 18.8. The minimum atomic E-state index is -0.718. The van der Waals surface area contributed by atoms with E-state index >= 15 is 0 Å². The summed E-state index contributed by atoms with van der Waals surface area (Å²) < 4.78 is 8.40. The average Bonchev–Trinajstić information content (AvgIpc) is 3.34. The maximum Gasteiger partial charge on any atom is 0.307 e. The van der Waals surface area contributed by atoms with E-state index < -0.39 is 11.9 Å². The van der Waals surface area contributed by atoms with Crippen LogP contribution in [0.5, 0.6) is 5.75 Å². The first-order valence-corrected chi connectivity index (χ1v) is 14.7. The molecule has 6 rings (SSSR count). The quantitative estimate of drug-likeness (QED) is 0.268. The Morgan fingerprint density at radius 3 is 2.65 bits per heavy atom. The molecule has 2 atom stereocenters. The summed E-state index contributed by atoms with van der Waals surface area (Å²) in [7, 11) is 0. The molecular formula is C33H38N4O3. The number of piperidine rings is 1. The van der Waals surface area contributed by atoms with Crippen molar-refractivity contribution >= 4 is 22.7 Å². The highest BCUT2D eigenvalue weighted by molar-refractivity contribution is 5.79. The van der Waals surface area contributed by atoms with E-state index in [9.17, 15) is 9.90 Å². The number of carbonyl (C=O) groups is 1. The lowest BCUT2D eigenvalue weighted by molar-refractivity contribution is -0.143. The van der Waals surface area contributed by atoms with Gasteiger partial charge in [-0.25, -0.2) is 4.98 Å². The third-order valence-electron chi connectivity index (χ3n) is 8.50. The van der Waals surface area contributed by atoms with Gasteiger partial charge in [-0.3, -0.25) is 9.78 Å². The van der Waals surface area contributed by atoms with E-state index in [2.05, 4.69) is 38.7 Å². The maximum absolute atomic E-state index is 12.3. The molecule has 7 nitrogen and oxygen atoms in total. The highest BCUT2D eigenvalue weighted by Crippen LogP contribution is 2.39. The second-order valence-electron chi connectivity index (χ2n) is 11.4. The van der Waals surface area contributed by atoms with Gasteiger partial charge in [0.1, 0.15) is 18.2 Å². The monoisotopic (exact) mass is 538 g/mol. The highest BCUT2D eigenvalue weighted by atomic mass is 16.5. The van der Waals surface area contributed by atoms with Crippen molar-refractivity contribution in [2.75, 3.05) is 18.0 Å². The van der Waals surface area contributed by atoms with Crippen molar-refractivity contribution in [3.05, 3.63) is 83.4 Å². The van der Waals surface area contributed by atoms with Gasteiger partial charge in [0.25, 0.3) is 0 Å². The second-order valence-corrected chi connectivity index (χ2v) is 11.4. The molecule has 3 heterocycles. The summed E-state index contributed by atoms with van der Waals surface area (Å²) in [6.07, 6.45) is 9.15. The number of anilines is 1. The van der Waals surface area contributed by atoms with Crippen molar-refractivity contribution in [1.82, 2.24) is 14.5 Å². The Labute approximate surface area is 235 Å². The molecule has 208 valence electrons. The van der Waals surface area contributed by atoms with Crippen LogP contribution in [0.15, 0.2) is 60.8 Å². The van der Waals surface area contributed by atoms with E-state index in [0.717, 1.165) is 66.2 Å². The molecular weight excluding hydrogens is 500 g/mol. The van der Waals surface area contributed by atoms with E-state index in [0.29, 0.717) is 19.6 Å². The number of nitrogens with zero attached hydrogens (tertiary/aromatic N) is 4. The predicted molar refractivity (Wildman–Crippen MR) is 157 cm³/mol. The molecule has 1 saturated carbocycles. The number of imidazole rings is 1. The molecule has 1 saturated heterocycles. The number of fused-ring (bicyclic) bond motifs is 1. The van der Waals surface area contributed by atoms with Crippen LogP contribution in [0.1, 0.15) is 73.5 Å². The molecule has 4 aromatic rings. The normalized spacial score (nSPS) is 19.6. The van der Waals surface area contributed by atoms with Crippen molar-refractivity contribution < 1.29 is 14.6 Å². The van der Waals surface area contributed by atoms with E-state index in [1.54, 1.807) is 0 Å². The zero-order valence-electron chi connectivity index (χ0n) is 23.3. The predicted octanol–water partition coefficient (Wildman–Crippen LogP) is 6.72. The fourth-order valence-electron chi connectivity index (χ4n) is 6.32. The standard InChI is InChI=1S/C33H38N4O3/c1-23-12-13-25(34-20-23)22-40-27-14-15-30-31(19-27)37(32(35-30)28-10-3-4-11-29(28)33(38)39)21-24-8-7-9-26(18-24)36-16-5-2-6-17-36/h7-9,12-15,18-20,28-29H,2-6,10-11,16-17,21-22H2,1H3,(H,38,39)/t28-,29+/m0/s1. The fourth-order valence-corrected chi connectivity index (χ4v) is 6.32. The van der Waals surface area contributed by atoms with Crippen molar-refractivity contribution in [3.8, 4) is 5.75 Å². The Balaban J connectivity index is 1.36. The number of ether oxygens (including phenoxy) is 1. The minimum absolute atomic E-state index is 0.106. The second kappa shape index (κ2) is 11.7. The van der Waals surface area contributed by atoms with Gasteiger partial charge in [-0.15, -0.1) is 0 Å². The van der Waals surface area contributed by atoms with Crippen LogP contribution in [-0.4, -0.2) is 38.7 Å². The first-order valence-electron chi connectivity index (χ1n) is 14.7. The molecule has 0 radical (unpaired) electrons. The number of aryl methyl sites for hydroxylation is 1. The van der Waals surface area contributed by atoms with Gasteiger partial charge in [-0.05, 0) is 80.5 Å². The van der Waals surface area contributed by atoms with E-state index in [4.69, 9.17) is 9.72 Å². The first kappa shape index (κ1) is 26.4. The summed E-state index contributed by atoms with van der Waals surface area (Å²) in [5, 5.41) is 10.1. The molecule has 0 unspecified atom stereocenters. The van der Waals surface area contributed by atoms with Gasteiger partial charge in [0.15, 0.2) is 0 Å². The zero-order valence-corrected chi connectivity index (χ0v) is 23.3. The van der Waals surface area contributed by atoms with Crippen molar-refractivity contribution in [2.24, 2.45) is 5.92 Å². The molecule has 0 spiro atoms. The lowest BCUT2D eigenvalue weighted by Gasteiger charge is -2.30. The Kier molecular flexibility index (Phi) is 7.71. The van der Waals surface area contributed by atoms with E-state index in [-0.39, 0.29) is 5.92 Å². The molecule has 0 bridgehead atoms. The van der Waals surface area contributed by atoms with E-state index in [1.165, 1.54) is 30.5 Å². The molecule has 7 heteroatoms. The summed E-state index contributed by atoms with van der Waals surface area (Å²) in [6.45, 7) is 5.24. The Bertz CT molecular complexity index is 1470. The molecule has 1 N–H and O–H groups in total. The Morgan fingerprint density at radius 1 is 1.00 bits per heavy atom. The number of hydrogen-bond acceptors (Lipinski definition) is 5. The van der Waals surface area contributed by atoms with Crippen LogP contribution in [0.4, 0.5) is 5.69 Å². The van der Waals surface area contributed by atoms with Crippen LogP contribution in [0.3, 0.4) is 0 Å². The zero-order chi connectivity index (χ0) is 27.5. The molecule has 1 aliphatic carbocycles. The van der Waals surface area contributed by atoms with Gasteiger partial charge in [0.2, 0.25) is 0 Å². The lowest BCUT2D eigenvalue weighted by Crippen LogP contribution is -2.29. The summed E-state index contributed by atoms with van der Waals surface area (Å²) >= 11 is 0. The number of carboxylic acids is 1. The van der Waals surface area contributed by atoms with Gasteiger partial charge < -0.3 is 19.3 Å². The van der Waals surface area contributed by atoms with Gasteiger partial charge in [0.05, 0.1) is 22.6 Å². The smallest absolute Gasteiger partial charge is 0.307 e. The highest BCUT2D eigenvalue weighted by Gasteiger charge is 2.35. The number of aliphatic carboxylic acids is 1. The number of hydrogen-bond donors (Lipinski definition) is 1. The van der Waals surface area contributed by atoms with Gasteiger partial charge in [-0.1, -0.05) is 31.0 Å². The van der Waals surface area contributed by atoms with Crippen molar-refractivity contribution in [3.63, 3.8) is 0 Å². The van der Waals surface area contributed by atoms with Crippen molar-refractivity contribution in [1.29, 1.82) is 0 Å². The minimum Gasteiger partial charge on any atom is -0.487 e. The third kappa shape index (κ3) is 5.69. The number of benzene rings is 2. The first-order chi connectivity index (χ1) is 19.5. The molecule has 1 aliphatic heterocycles. The summed E-state index contributed by atoms with van der Waals surface area (Å²) in [5.41, 5.74) is 6.30. The van der Waals surface area contributed by atoms with Crippen LogP contribution < -0.4 is 9.64 Å². The van der Waals surface area contributed by atoms with Crippen LogP contribution in [-0.2, 0) is 17.9 Å². The molecule has 40 heavy (non-hydrogen) atoms. The topological polar surface area (TPSA) is 80.5 Å². The van der Waals surface area contributed by atoms with E-state index in [1.807, 2.05) is 43.5 Å². The largest absolute Gasteiger partial charge is 0.487 e. The lowest BCUT2D eigenvalue weighted by atomic mass is 9.78. The number of carboxylic acid groups (broad SMARTS) is 1. The van der Waals surface area contributed by atoms with Gasteiger partial charge >= 0.3 is 5.97 Å². The Morgan fingerprint density at radius 2 is 1.85 bits per heavy atom. The molecule has 2 aliphatic rings. The van der Waals surface area contributed by atoms with Crippen LogP contribution in [0.2, 0.25) is 0 Å². The maximum atomic E-state index is 12.3. The van der Waals surface area contributed by atoms with Crippen LogP contribution in [0.25, 0.3) is 11.0 Å². The SMILES string of the molecule is Cc1ccc(COc2ccc3nc([C@H]4CCCC[C@H]4C(=O)O)n(Cc4cccc(N5CCCCC5)c4)c3c2)nc1. The molecule has 0 amide bonds. The van der Waals surface area contributed by atoms with Gasteiger partial charge in [0, 0.05) is 43.5 Å². The fraction of sp³-hybridized carbons (Fsp3) is 0.424. The number of aromatic nitrogens is 3. The molecule has 2 aromatic carbocycles. The number of rotatable bonds is 8. The average molecular weight is 539 g/mol. The van der Waals surface area contributed by atoms with Crippen molar-refractivity contribution in [2.45, 2.75) is 70.9 Å². The third-order valence-corrected chi connectivity index (χ3v) is 8.50. The van der Waals surface area contributed by atoms with Crippen LogP contribution in [0, 0.1) is 12.8 Å².